The first-order chi connectivity index (χ1) is 13.1. The van der Waals surface area contributed by atoms with E-state index in [1.54, 1.807) is 0 Å². The van der Waals surface area contributed by atoms with Crippen molar-refractivity contribution in [2.45, 2.75) is 40.3 Å². The summed E-state index contributed by atoms with van der Waals surface area (Å²) in [6.07, 6.45) is 1.01. The third-order valence-electron chi connectivity index (χ3n) is 4.05. The molecule has 0 aromatic heterocycles. The molecule has 0 saturated heterocycles. The van der Waals surface area contributed by atoms with Gasteiger partial charge in [-0.25, -0.2) is 0 Å². The first-order valence-electron chi connectivity index (χ1n) is 9.56. The largest absolute Gasteiger partial charge is 0.490 e. The number of halogens is 1. The molecule has 0 aliphatic rings. The minimum Gasteiger partial charge on any atom is -0.490 e. The molecule has 1 N–H and O–H groups in total. The summed E-state index contributed by atoms with van der Waals surface area (Å²) in [6.45, 7) is 10.5. The van der Waals surface area contributed by atoms with Crippen LogP contribution < -0.4 is 14.8 Å². The Balaban J connectivity index is 1.98. The predicted octanol–water partition coefficient (Wildman–Crippen LogP) is 5.25. The Bertz CT molecular complexity index is 689. The second-order valence-electron chi connectivity index (χ2n) is 6.34. The smallest absolute Gasteiger partial charge is 0.175 e. The van der Waals surface area contributed by atoms with E-state index in [0.717, 1.165) is 59.8 Å². The molecule has 0 aliphatic heterocycles. The second-order valence-corrected chi connectivity index (χ2v) is 7.19. The lowest BCUT2D eigenvalue weighted by molar-refractivity contribution is 0.144. The third-order valence-corrected chi connectivity index (χ3v) is 4.64. The van der Waals surface area contributed by atoms with Crippen LogP contribution in [0.15, 0.2) is 40.9 Å². The van der Waals surface area contributed by atoms with Gasteiger partial charge in [0.25, 0.3) is 0 Å². The average Bonchev–Trinajstić information content (AvgIpc) is 2.65. The quantitative estimate of drug-likeness (QED) is 0.462. The molecule has 2 aromatic rings. The molecule has 0 aliphatic carbocycles. The van der Waals surface area contributed by atoms with Crippen LogP contribution >= 0.6 is 15.9 Å². The van der Waals surface area contributed by atoms with Gasteiger partial charge in [-0.15, -0.1) is 0 Å². The van der Waals surface area contributed by atoms with E-state index in [2.05, 4.69) is 58.5 Å². The predicted molar refractivity (Wildman–Crippen MR) is 114 cm³/mol. The van der Waals surface area contributed by atoms with Gasteiger partial charge in [0.2, 0.25) is 0 Å². The van der Waals surface area contributed by atoms with Gasteiger partial charge >= 0.3 is 0 Å². The highest BCUT2D eigenvalue weighted by atomic mass is 79.9. The first-order valence-corrected chi connectivity index (χ1v) is 10.3. The summed E-state index contributed by atoms with van der Waals surface area (Å²) in [6, 6.07) is 12.5. The molecule has 0 bridgehead atoms. The van der Waals surface area contributed by atoms with Crippen LogP contribution in [0.3, 0.4) is 0 Å². The highest BCUT2D eigenvalue weighted by Crippen LogP contribution is 2.37. The minimum atomic E-state index is 0.508. The Morgan fingerprint density at radius 2 is 1.74 bits per heavy atom. The molecule has 4 nitrogen and oxygen atoms in total. The average molecular weight is 436 g/mol. The molecule has 0 saturated carbocycles. The topological polar surface area (TPSA) is 39.7 Å². The lowest BCUT2D eigenvalue weighted by Gasteiger charge is -2.16. The Labute approximate surface area is 171 Å². The highest BCUT2D eigenvalue weighted by molar-refractivity contribution is 9.10. The highest BCUT2D eigenvalue weighted by Gasteiger charge is 2.12. The van der Waals surface area contributed by atoms with Gasteiger partial charge in [-0.3, -0.25) is 0 Å². The monoisotopic (exact) mass is 435 g/mol. The van der Waals surface area contributed by atoms with Crippen LogP contribution in [-0.4, -0.2) is 26.4 Å². The normalized spacial score (nSPS) is 10.8. The van der Waals surface area contributed by atoms with Gasteiger partial charge in [-0.2, -0.15) is 0 Å². The number of aryl methyl sites for hydroxylation is 1. The molecule has 148 valence electrons. The number of nitrogens with one attached hydrogen (secondary N) is 1. The molecule has 0 heterocycles. The lowest BCUT2D eigenvalue weighted by Crippen LogP contribution is -2.16. The van der Waals surface area contributed by atoms with E-state index in [0.29, 0.717) is 13.2 Å². The van der Waals surface area contributed by atoms with Crippen molar-refractivity contribution in [3.05, 3.63) is 57.6 Å². The van der Waals surface area contributed by atoms with Crippen molar-refractivity contribution in [2.75, 3.05) is 26.4 Å². The molecule has 0 fully saturated rings. The summed E-state index contributed by atoms with van der Waals surface area (Å²) in [7, 11) is 0. The van der Waals surface area contributed by atoms with E-state index in [9.17, 15) is 0 Å². The number of hydrogen-bond acceptors (Lipinski definition) is 4. The van der Waals surface area contributed by atoms with Crippen LogP contribution in [0.4, 0.5) is 0 Å². The van der Waals surface area contributed by atoms with E-state index in [-0.39, 0.29) is 0 Å². The number of benzene rings is 2. The first kappa shape index (κ1) is 21.7. The van der Waals surface area contributed by atoms with E-state index in [4.69, 9.17) is 14.2 Å². The van der Waals surface area contributed by atoms with Crippen molar-refractivity contribution in [3.63, 3.8) is 0 Å². The summed E-state index contributed by atoms with van der Waals surface area (Å²) in [5, 5.41) is 3.44. The van der Waals surface area contributed by atoms with Crippen LogP contribution in [0.2, 0.25) is 0 Å². The van der Waals surface area contributed by atoms with Crippen molar-refractivity contribution in [3.8, 4) is 11.5 Å². The molecule has 2 aromatic carbocycles. The molecular weight excluding hydrogens is 406 g/mol. The van der Waals surface area contributed by atoms with Crippen molar-refractivity contribution >= 4 is 15.9 Å². The molecule has 5 heteroatoms. The SMILES string of the molecule is CCOCCCNCc1cc(Br)c(OCc2ccc(C)cc2)c(OCC)c1. The van der Waals surface area contributed by atoms with E-state index in [1.807, 2.05) is 19.9 Å². The summed E-state index contributed by atoms with van der Waals surface area (Å²) in [5.41, 5.74) is 3.53. The van der Waals surface area contributed by atoms with E-state index in [1.165, 1.54) is 5.56 Å². The zero-order chi connectivity index (χ0) is 19.5. The minimum absolute atomic E-state index is 0.508. The molecular formula is C22H30BrNO3. The summed E-state index contributed by atoms with van der Waals surface area (Å²) in [5.74, 6) is 1.52. The summed E-state index contributed by atoms with van der Waals surface area (Å²) in [4.78, 5) is 0. The van der Waals surface area contributed by atoms with Gasteiger partial charge in [0, 0.05) is 19.8 Å². The van der Waals surface area contributed by atoms with Gasteiger partial charge in [0.15, 0.2) is 11.5 Å². The number of hydrogen-bond donors (Lipinski definition) is 1. The maximum atomic E-state index is 6.06. The second kappa shape index (κ2) is 12.0. The number of rotatable bonds is 12. The van der Waals surface area contributed by atoms with Crippen molar-refractivity contribution in [1.82, 2.24) is 5.32 Å². The van der Waals surface area contributed by atoms with E-state index >= 15 is 0 Å². The van der Waals surface area contributed by atoms with E-state index < -0.39 is 0 Å². The molecule has 27 heavy (non-hydrogen) atoms. The van der Waals surface area contributed by atoms with Gasteiger partial charge in [-0.05, 0) is 72.9 Å². The van der Waals surface area contributed by atoms with Crippen LogP contribution in [0.5, 0.6) is 11.5 Å². The van der Waals surface area contributed by atoms with Crippen molar-refractivity contribution < 1.29 is 14.2 Å². The van der Waals surface area contributed by atoms with Crippen LogP contribution in [0.1, 0.15) is 37.0 Å². The zero-order valence-corrected chi connectivity index (χ0v) is 18.1. The fourth-order valence-corrected chi connectivity index (χ4v) is 3.25. The Hall–Kier alpha value is -1.56. The number of ether oxygens (including phenoxy) is 3. The molecule has 0 atom stereocenters. The molecule has 2 rings (SSSR count). The van der Waals surface area contributed by atoms with Gasteiger partial charge < -0.3 is 19.5 Å². The fourth-order valence-electron chi connectivity index (χ4n) is 2.64. The third kappa shape index (κ3) is 7.53. The maximum Gasteiger partial charge on any atom is 0.175 e. The molecule has 0 radical (unpaired) electrons. The Morgan fingerprint density at radius 3 is 2.44 bits per heavy atom. The summed E-state index contributed by atoms with van der Waals surface area (Å²) < 4.78 is 18.2. The van der Waals surface area contributed by atoms with Crippen LogP contribution in [0.25, 0.3) is 0 Å². The van der Waals surface area contributed by atoms with Gasteiger partial charge in [-0.1, -0.05) is 29.8 Å². The molecule has 0 spiro atoms. The fraction of sp³-hybridized carbons (Fsp3) is 0.455. The summed E-state index contributed by atoms with van der Waals surface area (Å²) >= 11 is 3.64. The molecule has 0 unspecified atom stereocenters. The Kier molecular flexibility index (Phi) is 9.67. The van der Waals surface area contributed by atoms with Crippen LogP contribution in [0, 0.1) is 6.92 Å². The standard InChI is InChI=1S/C22H30BrNO3/c1-4-25-12-6-11-24-15-19-13-20(23)22(21(14-19)26-5-2)27-16-18-9-7-17(3)8-10-18/h7-10,13-14,24H,4-6,11-12,15-16H2,1-3H3. The maximum absolute atomic E-state index is 6.06. The van der Waals surface area contributed by atoms with Crippen LogP contribution in [-0.2, 0) is 17.9 Å². The van der Waals surface area contributed by atoms with Gasteiger partial charge in [0.05, 0.1) is 11.1 Å². The molecule has 0 amide bonds. The lowest BCUT2D eigenvalue weighted by atomic mass is 10.1. The van der Waals surface area contributed by atoms with Crippen molar-refractivity contribution in [1.29, 1.82) is 0 Å². The van der Waals surface area contributed by atoms with Gasteiger partial charge in [0.1, 0.15) is 6.61 Å². The zero-order valence-electron chi connectivity index (χ0n) is 16.5. The Morgan fingerprint density at radius 1 is 0.963 bits per heavy atom. The van der Waals surface area contributed by atoms with Crippen molar-refractivity contribution in [2.24, 2.45) is 0 Å².